The van der Waals surface area contributed by atoms with Crippen LogP contribution < -0.4 is 10.1 Å². The highest BCUT2D eigenvalue weighted by atomic mass is 35.5. The Bertz CT molecular complexity index is 817. The Hall–Kier alpha value is -2.57. The van der Waals surface area contributed by atoms with Gasteiger partial charge in [0.15, 0.2) is 5.78 Å². The van der Waals surface area contributed by atoms with Crippen LogP contribution >= 0.6 is 11.6 Å². The number of rotatable bonds is 7. The quantitative estimate of drug-likeness (QED) is 0.680. The van der Waals surface area contributed by atoms with E-state index >= 15 is 0 Å². The van der Waals surface area contributed by atoms with Crippen LogP contribution in [0.15, 0.2) is 48.5 Å². The van der Waals surface area contributed by atoms with E-state index in [1.165, 1.54) is 12.1 Å². The molecule has 1 amide bonds. The summed E-state index contributed by atoms with van der Waals surface area (Å²) >= 11 is 6.20. The van der Waals surface area contributed by atoms with Crippen LogP contribution in [0.5, 0.6) is 5.75 Å². The van der Waals surface area contributed by atoms with Gasteiger partial charge < -0.3 is 19.9 Å². The van der Waals surface area contributed by atoms with Crippen LogP contribution in [0.2, 0.25) is 5.02 Å². The summed E-state index contributed by atoms with van der Waals surface area (Å²) in [6.45, 7) is 5.14. The number of ketones is 1. The van der Waals surface area contributed by atoms with Gasteiger partial charge in [-0.05, 0) is 44.5 Å². The molecule has 2 aromatic rings. The van der Waals surface area contributed by atoms with Gasteiger partial charge in [0.2, 0.25) is 0 Å². The van der Waals surface area contributed by atoms with Crippen molar-refractivity contribution in [2.45, 2.75) is 39.0 Å². The molecule has 2 rings (SSSR count). The molecule has 28 heavy (non-hydrogen) atoms. The number of aliphatic hydroxyl groups excluding tert-OH is 1. The van der Waals surface area contributed by atoms with Gasteiger partial charge in [-0.3, -0.25) is 4.79 Å². The maximum Gasteiger partial charge on any atom is 0.408 e. The minimum atomic E-state index is -1.14. The molecule has 0 fully saturated rings. The number of carbonyl (C=O) groups is 2. The summed E-state index contributed by atoms with van der Waals surface area (Å²) < 4.78 is 10.8. The molecule has 0 saturated carbocycles. The highest BCUT2D eigenvalue weighted by Crippen LogP contribution is 2.29. The van der Waals surface area contributed by atoms with E-state index in [1.807, 2.05) is 51.1 Å². The van der Waals surface area contributed by atoms with Crippen LogP contribution in [0.1, 0.15) is 36.7 Å². The van der Waals surface area contributed by atoms with Crippen molar-refractivity contribution < 1.29 is 24.2 Å². The number of Topliss-reactive ketones (excluding diaryl/α,β-unsaturated/α-hetero) is 1. The third-order valence-electron chi connectivity index (χ3n) is 3.64. The Morgan fingerprint density at radius 2 is 1.82 bits per heavy atom. The van der Waals surface area contributed by atoms with E-state index in [1.54, 1.807) is 6.07 Å². The van der Waals surface area contributed by atoms with Crippen LogP contribution in [0, 0.1) is 0 Å². The zero-order valence-electron chi connectivity index (χ0n) is 16.1. The molecule has 0 aliphatic heterocycles. The van der Waals surface area contributed by atoms with Gasteiger partial charge in [-0.2, -0.15) is 0 Å². The first-order valence-electron chi connectivity index (χ1n) is 8.80. The van der Waals surface area contributed by atoms with Gasteiger partial charge in [0, 0.05) is 5.56 Å². The molecular formula is C21H24ClNO5. The molecule has 1 atom stereocenters. The number of alkyl carbamates (subject to hydrolysis) is 1. The van der Waals surface area contributed by atoms with Gasteiger partial charge in [-0.1, -0.05) is 41.9 Å². The maximum absolute atomic E-state index is 12.6. The lowest BCUT2D eigenvalue weighted by molar-refractivity contribution is 0.0864. The van der Waals surface area contributed by atoms with Crippen LogP contribution in [-0.4, -0.2) is 35.2 Å². The van der Waals surface area contributed by atoms with Crippen LogP contribution in [0.3, 0.4) is 0 Å². The van der Waals surface area contributed by atoms with Crippen molar-refractivity contribution >= 4 is 23.5 Å². The standard InChI is InChI=1S/C21H24ClNO5/c1-21(2,3)28-18-10-9-15(11-16(18)22)19(25)17(12-24)23-20(26)27-13-14-7-5-4-6-8-14/h4-11,17,24H,12-13H2,1-3H3,(H,23,26)/t17-/m1/s1. The largest absolute Gasteiger partial charge is 0.487 e. The van der Waals surface area contributed by atoms with Crippen LogP contribution in [0.4, 0.5) is 4.79 Å². The number of benzene rings is 2. The molecule has 0 aliphatic rings. The summed E-state index contributed by atoms with van der Waals surface area (Å²) in [4.78, 5) is 24.6. The summed E-state index contributed by atoms with van der Waals surface area (Å²) in [5, 5.41) is 12.2. The third kappa shape index (κ3) is 6.55. The zero-order chi connectivity index (χ0) is 20.7. The molecule has 0 heterocycles. The molecule has 150 valence electrons. The fraction of sp³-hybridized carbons (Fsp3) is 0.333. The Morgan fingerprint density at radius 3 is 2.39 bits per heavy atom. The smallest absolute Gasteiger partial charge is 0.408 e. The first-order valence-corrected chi connectivity index (χ1v) is 9.18. The Balaban J connectivity index is 2.00. The molecule has 0 spiro atoms. The predicted molar refractivity (Wildman–Crippen MR) is 107 cm³/mol. The highest BCUT2D eigenvalue weighted by molar-refractivity contribution is 6.32. The molecule has 0 saturated heterocycles. The first kappa shape index (κ1) is 21.7. The van der Waals surface area contributed by atoms with Crippen molar-refractivity contribution in [1.82, 2.24) is 5.32 Å². The van der Waals surface area contributed by atoms with Gasteiger partial charge in [0.05, 0.1) is 11.6 Å². The molecule has 6 nitrogen and oxygen atoms in total. The van der Waals surface area contributed by atoms with Crippen LogP contribution in [0.25, 0.3) is 0 Å². The fourth-order valence-corrected chi connectivity index (χ4v) is 2.59. The van der Waals surface area contributed by atoms with Gasteiger partial charge in [0.25, 0.3) is 0 Å². The van der Waals surface area contributed by atoms with Crippen molar-refractivity contribution in [3.8, 4) is 5.75 Å². The number of ether oxygens (including phenoxy) is 2. The van der Waals surface area contributed by atoms with Crippen molar-refractivity contribution in [1.29, 1.82) is 0 Å². The normalized spacial score (nSPS) is 12.2. The lowest BCUT2D eigenvalue weighted by Gasteiger charge is -2.22. The molecule has 0 unspecified atom stereocenters. The molecular weight excluding hydrogens is 382 g/mol. The second kappa shape index (κ2) is 9.57. The first-order chi connectivity index (χ1) is 13.2. The van der Waals surface area contributed by atoms with E-state index in [2.05, 4.69) is 5.32 Å². The van der Waals surface area contributed by atoms with Crippen molar-refractivity contribution in [2.24, 2.45) is 0 Å². The van der Waals surface area contributed by atoms with Gasteiger partial charge in [-0.25, -0.2) is 4.79 Å². The monoisotopic (exact) mass is 405 g/mol. The summed E-state index contributed by atoms with van der Waals surface area (Å²) in [5.41, 5.74) is 0.617. The van der Waals surface area contributed by atoms with E-state index in [4.69, 9.17) is 21.1 Å². The highest BCUT2D eigenvalue weighted by Gasteiger charge is 2.23. The van der Waals surface area contributed by atoms with Crippen molar-refractivity contribution in [3.63, 3.8) is 0 Å². The SMILES string of the molecule is CC(C)(C)Oc1ccc(C(=O)[C@@H](CO)NC(=O)OCc2ccccc2)cc1Cl. The third-order valence-corrected chi connectivity index (χ3v) is 3.93. The summed E-state index contributed by atoms with van der Waals surface area (Å²) in [6.07, 6.45) is -0.796. The van der Waals surface area contributed by atoms with E-state index in [-0.39, 0.29) is 17.2 Å². The summed E-state index contributed by atoms with van der Waals surface area (Å²) in [5.74, 6) is -0.0372. The fourth-order valence-electron chi connectivity index (χ4n) is 2.37. The summed E-state index contributed by atoms with van der Waals surface area (Å²) in [6, 6.07) is 12.6. The average Bonchev–Trinajstić information content (AvgIpc) is 2.65. The van der Waals surface area contributed by atoms with Crippen molar-refractivity contribution in [3.05, 3.63) is 64.7 Å². The van der Waals surface area contributed by atoms with E-state index in [0.717, 1.165) is 5.56 Å². The number of hydrogen-bond acceptors (Lipinski definition) is 5. The second-order valence-corrected chi connectivity index (χ2v) is 7.57. The van der Waals surface area contributed by atoms with Crippen LogP contribution in [-0.2, 0) is 11.3 Å². The minimum Gasteiger partial charge on any atom is -0.487 e. The van der Waals surface area contributed by atoms with Gasteiger partial charge in [0.1, 0.15) is 24.0 Å². The minimum absolute atomic E-state index is 0.0592. The lowest BCUT2D eigenvalue weighted by atomic mass is 10.0. The molecule has 2 N–H and O–H groups in total. The van der Waals surface area contributed by atoms with E-state index in [9.17, 15) is 14.7 Å². The topological polar surface area (TPSA) is 84.9 Å². The summed E-state index contributed by atoms with van der Waals surface area (Å²) in [7, 11) is 0. The lowest BCUT2D eigenvalue weighted by Crippen LogP contribution is -2.43. The Morgan fingerprint density at radius 1 is 1.14 bits per heavy atom. The maximum atomic E-state index is 12.6. The number of halogens is 1. The van der Waals surface area contributed by atoms with Crippen molar-refractivity contribution in [2.75, 3.05) is 6.61 Å². The predicted octanol–water partition coefficient (Wildman–Crippen LogP) is 3.99. The molecule has 0 bridgehead atoms. The van der Waals surface area contributed by atoms with Gasteiger partial charge in [-0.15, -0.1) is 0 Å². The number of amides is 1. The Kier molecular flexibility index (Phi) is 7.43. The number of nitrogens with one attached hydrogen (secondary N) is 1. The number of aliphatic hydroxyl groups is 1. The van der Waals surface area contributed by atoms with E-state index < -0.39 is 30.1 Å². The number of hydrogen-bond donors (Lipinski definition) is 2. The van der Waals surface area contributed by atoms with Gasteiger partial charge >= 0.3 is 6.09 Å². The second-order valence-electron chi connectivity index (χ2n) is 7.17. The average molecular weight is 406 g/mol. The zero-order valence-corrected chi connectivity index (χ0v) is 16.8. The molecule has 0 radical (unpaired) electrons. The van der Waals surface area contributed by atoms with E-state index in [0.29, 0.717) is 5.75 Å². The molecule has 0 aromatic heterocycles. The molecule has 2 aromatic carbocycles. The number of carbonyl (C=O) groups excluding carboxylic acids is 2. The Labute approximate surface area is 169 Å². The molecule has 0 aliphatic carbocycles. The molecule has 7 heteroatoms.